The Morgan fingerprint density at radius 3 is 2.82 bits per heavy atom. The highest BCUT2D eigenvalue weighted by Gasteiger charge is 2.10. The monoisotopic (exact) mass is 537 g/mol. The van der Waals surface area contributed by atoms with Crippen molar-refractivity contribution in [3.63, 3.8) is 0 Å². The van der Waals surface area contributed by atoms with E-state index in [0.29, 0.717) is 47.2 Å². The molecule has 0 bridgehead atoms. The molecule has 0 spiro atoms. The van der Waals surface area contributed by atoms with Crippen molar-refractivity contribution in [3.05, 3.63) is 46.2 Å². The summed E-state index contributed by atoms with van der Waals surface area (Å²) in [6.45, 7) is 3.88. The van der Waals surface area contributed by atoms with Gasteiger partial charge >= 0.3 is 0 Å². The molecule has 0 aromatic carbocycles. The van der Waals surface area contributed by atoms with Gasteiger partial charge in [0, 0.05) is 32.3 Å². The van der Waals surface area contributed by atoms with Crippen LogP contribution in [-0.4, -0.2) is 38.8 Å². The molecular formula is C17H22Cl2IN7O. The van der Waals surface area contributed by atoms with Gasteiger partial charge in [0.05, 0.1) is 17.8 Å². The first kappa shape index (κ1) is 22.6. The van der Waals surface area contributed by atoms with E-state index in [-0.39, 0.29) is 24.0 Å². The Kier molecular flexibility index (Phi) is 8.64. The van der Waals surface area contributed by atoms with Crippen LogP contribution in [0.2, 0.25) is 10.2 Å². The molecule has 0 atom stereocenters. The van der Waals surface area contributed by atoms with Gasteiger partial charge in [-0.1, -0.05) is 23.2 Å². The first-order valence-corrected chi connectivity index (χ1v) is 9.31. The molecule has 0 aliphatic carbocycles. The summed E-state index contributed by atoms with van der Waals surface area (Å²) in [6.07, 6.45) is 2.26. The molecule has 152 valence electrons. The lowest BCUT2D eigenvalue weighted by atomic mass is 10.4. The number of aromatic amines is 1. The molecule has 0 fully saturated rings. The van der Waals surface area contributed by atoms with Gasteiger partial charge in [-0.15, -0.1) is 24.0 Å². The van der Waals surface area contributed by atoms with E-state index in [9.17, 15) is 0 Å². The number of aliphatic imine (C=N–C) groups is 1. The van der Waals surface area contributed by atoms with Crippen LogP contribution in [0.3, 0.4) is 0 Å². The largest absolute Gasteiger partial charge is 0.461 e. The summed E-state index contributed by atoms with van der Waals surface area (Å²) in [6, 6.07) is 5.45. The quantitative estimate of drug-likeness (QED) is 0.243. The van der Waals surface area contributed by atoms with E-state index in [2.05, 4.69) is 30.8 Å². The van der Waals surface area contributed by atoms with E-state index in [1.54, 1.807) is 12.3 Å². The number of aromatic nitrogens is 4. The summed E-state index contributed by atoms with van der Waals surface area (Å²) >= 11 is 12.1. The van der Waals surface area contributed by atoms with Crippen LogP contribution in [0.5, 0.6) is 0 Å². The minimum atomic E-state index is 0. The lowest BCUT2D eigenvalue weighted by Gasteiger charge is -2.10. The minimum absolute atomic E-state index is 0. The Morgan fingerprint density at radius 2 is 2.18 bits per heavy atom. The SMILES string of the molecule is CCNC(=NCc1cc(Cl)c(Cl)n1C)NCCc1nc(-c2ccco2)n[nH]1.I. The molecule has 0 saturated heterocycles. The summed E-state index contributed by atoms with van der Waals surface area (Å²) in [5, 5.41) is 14.6. The summed E-state index contributed by atoms with van der Waals surface area (Å²) < 4.78 is 7.11. The van der Waals surface area contributed by atoms with Gasteiger partial charge in [0.15, 0.2) is 11.7 Å². The number of furan rings is 1. The Hall–Kier alpha value is -1.72. The zero-order chi connectivity index (χ0) is 19.2. The molecule has 8 nitrogen and oxygen atoms in total. The number of rotatable bonds is 7. The average molecular weight is 538 g/mol. The second-order valence-electron chi connectivity index (χ2n) is 5.79. The molecule has 3 aromatic heterocycles. The van der Waals surface area contributed by atoms with Gasteiger partial charge < -0.3 is 19.6 Å². The molecular weight excluding hydrogens is 516 g/mol. The van der Waals surface area contributed by atoms with E-state index in [4.69, 9.17) is 27.6 Å². The highest BCUT2D eigenvalue weighted by atomic mass is 127. The van der Waals surface area contributed by atoms with Gasteiger partial charge in [0.2, 0.25) is 5.82 Å². The lowest BCUT2D eigenvalue weighted by molar-refractivity contribution is 0.577. The molecule has 0 saturated carbocycles. The zero-order valence-corrected chi connectivity index (χ0v) is 19.3. The smallest absolute Gasteiger partial charge is 0.216 e. The third-order valence-electron chi connectivity index (χ3n) is 3.89. The molecule has 3 rings (SSSR count). The van der Waals surface area contributed by atoms with Crippen LogP contribution in [0.1, 0.15) is 18.4 Å². The highest BCUT2D eigenvalue weighted by Crippen LogP contribution is 2.25. The molecule has 28 heavy (non-hydrogen) atoms. The lowest BCUT2D eigenvalue weighted by Crippen LogP contribution is -2.38. The molecule has 0 aliphatic rings. The van der Waals surface area contributed by atoms with Crippen molar-refractivity contribution in [2.24, 2.45) is 12.0 Å². The highest BCUT2D eigenvalue weighted by molar-refractivity contribution is 14.0. The van der Waals surface area contributed by atoms with Gasteiger partial charge in [-0.2, -0.15) is 5.10 Å². The van der Waals surface area contributed by atoms with Gasteiger partial charge in [-0.05, 0) is 25.1 Å². The minimum Gasteiger partial charge on any atom is -0.461 e. The van der Waals surface area contributed by atoms with Crippen molar-refractivity contribution in [1.29, 1.82) is 0 Å². The van der Waals surface area contributed by atoms with Crippen LogP contribution < -0.4 is 10.6 Å². The predicted molar refractivity (Wildman–Crippen MR) is 121 cm³/mol. The normalized spacial score (nSPS) is 11.4. The fourth-order valence-electron chi connectivity index (χ4n) is 2.46. The van der Waals surface area contributed by atoms with E-state index < -0.39 is 0 Å². The van der Waals surface area contributed by atoms with Gasteiger partial charge in [0.25, 0.3) is 0 Å². The number of hydrogen-bond acceptors (Lipinski definition) is 4. The molecule has 0 unspecified atom stereocenters. The Bertz CT molecular complexity index is 905. The molecule has 0 aliphatic heterocycles. The van der Waals surface area contributed by atoms with Crippen molar-refractivity contribution < 1.29 is 4.42 Å². The maximum Gasteiger partial charge on any atom is 0.216 e. The Balaban J connectivity index is 0.00000280. The number of nitrogens with zero attached hydrogens (tertiary/aromatic N) is 4. The number of H-pyrrole nitrogens is 1. The summed E-state index contributed by atoms with van der Waals surface area (Å²) in [5.74, 6) is 2.66. The number of halogens is 3. The molecule has 3 heterocycles. The Morgan fingerprint density at radius 1 is 1.36 bits per heavy atom. The molecule has 0 amide bonds. The molecule has 11 heteroatoms. The maximum atomic E-state index is 6.09. The van der Waals surface area contributed by atoms with Crippen LogP contribution in [0.25, 0.3) is 11.6 Å². The summed E-state index contributed by atoms with van der Waals surface area (Å²) in [5.41, 5.74) is 0.931. The van der Waals surface area contributed by atoms with Gasteiger partial charge in [-0.25, -0.2) is 9.98 Å². The first-order valence-electron chi connectivity index (χ1n) is 8.55. The topological polar surface area (TPSA) is 96.1 Å². The van der Waals surface area contributed by atoms with Gasteiger partial charge in [0.1, 0.15) is 11.0 Å². The number of nitrogens with one attached hydrogen (secondary N) is 3. The van der Waals surface area contributed by atoms with Gasteiger partial charge in [-0.3, -0.25) is 5.10 Å². The zero-order valence-electron chi connectivity index (χ0n) is 15.5. The average Bonchev–Trinajstić information content (AvgIpc) is 3.38. The number of hydrogen-bond donors (Lipinski definition) is 3. The van der Waals surface area contributed by atoms with Crippen molar-refractivity contribution in [1.82, 2.24) is 30.4 Å². The standard InChI is InChI=1S/C17H21Cl2N7O.HI/c1-3-20-17(22-10-11-9-12(18)15(19)26(11)2)21-7-6-14-23-16(25-24-14)13-5-4-8-27-13;/h4-5,8-9H,3,6-7,10H2,1-2H3,(H2,20,21,22)(H,23,24,25);1H. The van der Waals surface area contributed by atoms with Crippen LogP contribution in [0.15, 0.2) is 33.9 Å². The van der Waals surface area contributed by atoms with E-state index in [0.717, 1.165) is 18.1 Å². The molecule has 3 aromatic rings. The second kappa shape index (κ2) is 10.7. The Labute approximate surface area is 190 Å². The first-order chi connectivity index (χ1) is 13.1. The van der Waals surface area contributed by atoms with Crippen molar-refractivity contribution >= 4 is 53.1 Å². The fraction of sp³-hybridized carbons (Fsp3) is 0.353. The molecule has 0 radical (unpaired) electrons. The predicted octanol–water partition coefficient (Wildman–Crippen LogP) is 3.63. The van der Waals surface area contributed by atoms with Crippen molar-refractivity contribution in [3.8, 4) is 11.6 Å². The third-order valence-corrected chi connectivity index (χ3v) is 4.73. The maximum absolute atomic E-state index is 6.09. The van der Waals surface area contributed by atoms with E-state index in [1.807, 2.05) is 30.7 Å². The summed E-state index contributed by atoms with van der Waals surface area (Å²) in [4.78, 5) is 8.99. The second-order valence-corrected chi connectivity index (χ2v) is 6.55. The van der Waals surface area contributed by atoms with Crippen LogP contribution >= 0.6 is 47.2 Å². The summed E-state index contributed by atoms with van der Waals surface area (Å²) in [7, 11) is 1.86. The van der Waals surface area contributed by atoms with Crippen molar-refractivity contribution in [2.75, 3.05) is 13.1 Å². The van der Waals surface area contributed by atoms with Crippen LogP contribution in [0.4, 0.5) is 0 Å². The third kappa shape index (κ3) is 5.65. The van der Waals surface area contributed by atoms with Crippen LogP contribution in [0, 0.1) is 0 Å². The van der Waals surface area contributed by atoms with Crippen molar-refractivity contribution in [2.45, 2.75) is 19.9 Å². The van der Waals surface area contributed by atoms with E-state index in [1.165, 1.54) is 0 Å². The number of guanidine groups is 1. The van der Waals surface area contributed by atoms with E-state index >= 15 is 0 Å². The fourth-order valence-corrected chi connectivity index (χ4v) is 2.88. The van der Waals surface area contributed by atoms with Crippen LogP contribution in [-0.2, 0) is 20.0 Å². The molecule has 3 N–H and O–H groups in total.